The number of hydrogen-bond donors (Lipinski definition) is 0. The van der Waals surface area contributed by atoms with Gasteiger partial charge in [0.25, 0.3) is 0 Å². The van der Waals surface area contributed by atoms with Crippen molar-refractivity contribution < 1.29 is 19.1 Å². The summed E-state index contributed by atoms with van der Waals surface area (Å²) in [6, 6.07) is 12.0. The highest BCUT2D eigenvalue weighted by Crippen LogP contribution is 2.63. The first-order valence-corrected chi connectivity index (χ1v) is 12.1. The molecule has 4 nitrogen and oxygen atoms in total. The summed E-state index contributed by atoms with van der Waals surface area (Å²) in [5, 5.41) is 0. The van der Waals surface area contributed by atoms with Crippen molar-refractivity contribution >= 4 is 17.5 Å². The maximum absolute atomic E-state index is 12.7. The van der Waals surface area contributed by atoms with Crippen molar-refractivity contribution in [2.45, 2.75) is 52.9 Å². The Balaban J connectivity index is 0.000000376. The Hall–Kier alpha value is -2.75. The van der Waals surface area contributed by atoms with Gasteiger partial charge in [0.15, 0.2) is 11.6 Å². The zero-order valence-corrected chi connectivity index (χ0v) is 19.9. The lowest BCUT2D eigenvalue weighted by atomic mass is 9.52. The standard InChI is InChI=1S/C23H28O4.C6H6/c1-14(24)27-13-21(26)20-7-6-18-17-5-4-15-12-16(25)8-10-22(15,2)19(17)9-11-23(18,20)3;1-2-4-6-5-3-1/h8-10,12,17-18,20H,4-7,11,13H2,1-3H3;1-6H. The van der Waals surface area contributed by atoms with Crippen LogP contribution < -0.4 is 0 Å². The van der Waals surface area contributed by atoms with Gasteiger partial charge in [-0.05, 0) is 68.4 Å². The molecule has 0 saturated heterocycles. The smallest absolute Gasteiger partial charge is 0.303 e. The minimum absolute atomic E-state index is 0.0344. The first kappa shape index (κ1) is 23.4. The minimum atomic E-state index is -0.396. The van der Waals surface area contributed by atoms with Gasteiger partial charge >= 0.3 is 5.97 Å². The van der Waals surface area contributed by atoms with E-state index in [0.29, 0.717) is 11.8 Å². The molecule has 2 saturated carbocycles. The summed E-state index contributed by atoms with van der Waals surface area (Å²) in [7, 11) is 0. The molecule has 5 rings (SSSR count). The zero-order valence-electron chi connectivity index (χ0n) is 19.9. The van der Waals surface area contributed by atoms with E-state index >= 15 is 0 Å². The van der Waals surface area contributed by atoms with Crippen LogP contribution in [0.3, 0.4) is 0 Å². The Labute approximate surface area is 196 Å². The van der Waals surface area contributed by atoms with Crippen LogP contribution in [0.1, 0.15) is 52.9 Å². The van der Waals surface area contributed by atoms with Crippen molar-refractivity contribution in [3.63, 3.8) is 0 Å². The van der Waals surface area contributed by atoms with Gasteiger partial charge in [0, 0.05) is 18.3 Å². The number of benzene rings is 1. The first-order valence-electron chi connectivity index (χ1n) is 12.1. The second-order valence-electron chi connectivity index (χ2n) is 10.3. The highest BCUT2D eigenvalue weighted by atomic mass is 16.5. The number of ketones is 2. The summed E-state index contributed by atoms with van der Waals surface area (Å²) in [5.41, 5.74) is 2.48. The average molecular weight is 447 g/mol. The molecular weight excluding hydrogens is 412 g/mol. The fraction of sp³-hybridized carbons (Fsp3) is 0.483. The molecule has 5 atom stereocenters. The highest BCUT2D eigenvalue weighted by Gasteiger charge is 2.56. The fourth-order valence-electron chi connectivity index (χ4n) is 6.71. The van der Waals surface area contributed by atoms with Crippen molar-refractivity contribution in [2.24, 2.45) is 28.6 Å². The summed E-state index contributed by atoms with van der Waals surface area (Å²) in [5.74, 6) is 0.681. The van der Waals surface area contributed by atoms with Gasteiger partial charge in [-0.25, -0.2) is 0 Å². The lowest BCUT2D eigenvalue weighted by Gasteiger charge is -2.52. The maximum atomic E-state index is 12.7. The molecule has 0 amide bonds. The van der Waals surface area contributed by atoms with Crippen LogP contribution in [0.2, 0.25) is 0 Å². The number of rotatable bonds is 3. The third-order valence-electron chi connectivity index (χ3n) is 8.42. The molecule has 33 heavy (non-hydrogen) atoms. The van der Waals surface area contributed by atoms with Crippen LogP contribution in [0.5, 0.6) is 0 Å². The fourth-order valence-corrected chi connectivity index (χ4v) is 6.71. The second kappa shape index (κ2) is 9.24. The van der Waals surface area contributed by atoms with E-state index in [1.54, 1.807) is 6.08 Å². The number of esters is 1. The molecule has 4 aliphatic rings. The number of hydrogen-bond acceptors (Lipinski definition) is 4. The Bertz CT molecular complexity index is 991. The lowest BCUT2D eigenvalue weighted by Crippen LogP contribution is -2.45. The Morgan fingerprint density at radius 3 is 2.33 bits per heavy atom. The van der Waals surface area contributed by atoms with Crippen molar-refractivity contribution in [3.05, 3.63) is 71.8 Å². The molecule has 174 valence electrons. The van der Waals surface area contributed by atoms with Crippen LogP contribution in [0.15, 0.2) is 71.8 Å². The summed E-state index contributed by atoms with van der Waals surface area (Å²) in [4.78, 5) is 35.7. The van der Waals surface area contributed by atoms with E-state index < -0.39 is 5.97 Å². The van der Waals surface area contributed by atoms with E-state index in [4.69, 9.17) is 4.74 Å². The van der Waals surface area contributed by atoms with E-state index in [2.05, 4.69) is 26.0 Å². The van der Waals surface area contributed by atoms with Crippen LogP contribution in [0, 0.1) is 28.6 Å². The van der Waals surface area contributed by atoms with Gasteiger partial charge in [0.2, 0.25) is 0 Å². The van der Waals surface area contributed by atoms with Gasteiger partial charge < -0.3 is 4.74 Å². The SMILES string of the molecule is CC(=O)OCC(=O)C1CCC2C3CCC4=CC(=O)C=CC4(C)C3=CCC12C.c1ccccc1. The number of carbonyl (C=O) groups is 3. The molecule has 0 N–H and O–H groups in total. The molecule has 0 heterocycles. The Morgan fingerprint density at radius 2 is 1.70 bits per heavy atom. The van der Waals surface area contributed by atoms with Gasteiger partial charge in [0.1, 0.15) is 6.61 Å². The first-order chi connectivity index (χ1) is 15.8. The van der Waals surface area contributed by atoms with Crippen LogP contribution in [-0.4, -0.2) is 24.1 Å². The number of allylic oxidation sites excluding steroid dienone is 6. The van der Waals surface area contributed by atoms with Gasteiger partial charge in [-0.2, -0.15) is 0 Å². The van der Waals surface area contributed by atoms with Crippen molar-refractivity contribution in [1.29, 1.82) is 0 Å². The molecule has 0 radical (unpaired) electrons. The molecule has 2 fully saturated rings. The average Bonchev–Trinajstić information content (AvgIpc) is 3.17. The van der Waals surface area contributed by atoms with Crippen molar-refractivity contribution in [3.8, 4) is 0 Å². The Morgan fingerprint density at radius 1 is 1.03 bits per heavy atom. The molecule has 5 unspecified atom stereocenters. The number of fused-ring (bicyclic) bond motifs is 5. The molecule has 0 bridgehead atoms. The molecule has 0 aliphatic heterocycles. The summed E-state index contributed by atoms with van der Waals surface area (Å²) in [6.45, 7) is 5.74. The molecule has 4 aliphatic carbocycles. The van der Waals surface area contributed by atoms with Crippen LogP contribution in [0.4, 0.5) is 0 Å². The number of ether oxygens (including phenoxy) is 1. The van der Waals surface area contributed by atoms with Crippen LogP contribution in [0.25, 0.3) is 0 Å². The normalized spacial score (nSPS) is 33.9. The highest BCUT2D eigenvalue weighted by molar-refractivity contribution is 6.01. The maximum Gasteiger partial charge on any atom is 0.303 e. The summed E-state index contributed by atoms with van der Waals surface area (Å²) in [6.07, 6.45) is 12.8. The van der Waals surface area contributed by atoms with E-state index in [1.807, 2.05) is 42.5 Å². The van der Waals surface area contributed by atoms with Gasteiger partial charge in [-0.1, -0.05) is 66.6 Å². The third-order valence-corrected chi connectivity index (χ3v) is 8.42. The molecule has 4 heteroatoms. The van der Waals surface area contributed by atoms with Gasteiger partial charge in [-0.15, -0.1) is 0 Å². The molecule has 0 spiro atoms. The predicted octanol–water partition coefficient (Wildman–Crippen LogP) is 5.65. The molecule has 0 aromatic heterocycles. The van der Waals surface area contributed by atoms with Crippen molar-refractivity contribution in [2.75, 3.05) is 6.61 Å². The Kier molecular flexibility index (Phi) is 6.56. The van der Waals surface area contributed by atoms with Gasteiger partial charge in [-0.3, -0.25) is 14.4 Å². The number of Topliss-reactive ketones (excluding diaryl/α,β-unsaturated/α-hetero) is 1. The third kappa shape index (κ3) is 4.40. The molecule has 1 aromatic carbocycles. The lowest BCUT2D eigenvalue weighted by molar-refractivity contribution is -0.148. The molecular formula is C29H34O4. The van der Waals surface area contributed by atoms with Gasteiger partial charge in [0.05, 0.1) is 0 Å². The minimum Gasteiger partial charge on any atom is -0.458 e. The quantitative estimate of drug-likeness (QED) is 0.445. The topological polar surface area (TPSA) is 60.4 Å². The zero-order chi connectivity index (χ0) is 23.6. The van der Waals surface area contributed by atoms with Crippen LogP contribution >= 0.6 is 0 Å². The van der Waals surface area contributed by atoms with E-state index in [-0.39, 0.29) is 34.9 Å². The monoisotopic (exact) mass is 446 g/mol. The van der Waals surface area contributed by atoms with Crippen molar-refractivity contribution in [1.82, 2.24) is 0 Å². The largest absolute Gasteiger partial charge is 0.458 e. The molecule has 1 aromatic rings. The second-order valence-corrected chi connectivity index (χ2v) is 10.3. The van der Waals surface area contributed by atoms with Crippen LogP contribution in [-0.2, 0) is 19.1 Å². The number of carbonyl (C=O) groups excluding carboxylic acids is 3. The summed E-state index contributed by atoms with van der Waals surface area (Å²) >= 11 is 0. The summed E-state index contributed by atoms with van der Waals surface area (Å²) < 4.78 is 4.99. The van der Waals surface area contributed by atoms with E-state index in [0.717, 1.165) is 32.1 Å². The van der Waals surface area contributed by atoms with E-state index in [9.17, 15) is 14.4 Å². The van der Waals surface area contributed by atoms with E-state index in [1.165, 1.54) is 18.1 Å². The predicted molar refractivity (Wildman–Crippen MR) is 128 cm³/mol.